The van der Waals surface area contributed by atoms with Crippen molar-refractivity contribution in [2.45, 2.75) is 18.9 Å². The highest BCUT2D eigenvalue weighted by Gasteiger charge is 2.42. The zero-order valence-electron chi connectivity index (χ0n) is 12.4. The Morgan fingerprint density at radius 3 is 2.43 bits per heavy atom. The lowest BCUT2D eigenvalue weighted by molar-refractivity contribution is -0.386. The molecule has 1 aromatic carbocycles. The summed E-state index contributed by atoms with van der Waals surface area (Å²) in [7, 11) is 0. The molecule has 0 bridgehead atoms. The molecule has 23 heavy (non-hydrogen) atoms. The summed E-state index contributed by atoms with van der Waals surface area (Å²) >= 11 is 6.00. The molecule has 2 aliphatic rings. The molecule has 6 nitrogen and oxygen atoms in total. The van der Waals surface area contributed by atoms with E-state index in [1.165, 1.54) is 12.1 Å². The topological polar surface area (TPSA) is 78.6 Å². The lowest BCUT2D eigenvalue weighted by atomic mass is 9.97. The van der Waals surface area contributed by atoms with Gasteiger partial charge in [-0.1, -0.05) is 11.6 Å². The minimum atomic E-state index is -0.428. The molecule has 0 spiro atoms. The molecule has 0 aromatic heterocycles. The fraction of sp³-hybridized carbons (Fsp3) is 0.571. The number of phenolic OH excluding ortho intramolecular Hbond substituents is 1. The zero-order chi connectivity index (χ0) is 15.0. The number of aromatic hydroxyl groups is 1. The molecule has 130 valence electrons. The van der Waals surface area contributed by atoms with Crippen LogP contribution in [0.3, 0.4) is 0 Å². The van der Waals surface area contributed by atoms with Crippen molar-refractivity contribution >= 4 is 42.1 Å². The van der Waals surface area contributed by atoms with Crippen molar-refractivity contribution in [1.29, 1.82) is 0 Å². The molecule has 1 saturated heterocycles. The quantitative estimate of drug-likeness (QED) is 0.616. The van der Waals surface area contributed by atoms with E-state index in [2.05, 4.69) is 10.2 Å². The molecule has 1 heterocycles. The van der Waals surface area contributed by atoms with Crippen molar-refractivity contribution < 1.29 is 10.0 Å². The van der Waals surface area contributed by atoms with E-state index >= 15 is 0 Å². The van der Waals surface area contributed by atoms with Crippen molar-refractivity contribution in [3.8, 4) is 5.75 Å². The Labute approximate surface area is 152 Å². The first-order valence-corrected chi connectivity index (χ1v) is 7.58. The summed E-state index contributed by atoms with van der Waals surface area (Å²) in [5.41, 5.74) is 0.351. The fourth-order valence-corrected chi connectivity index (χ4v) is 3.28. The van der Waals surface area contributed by atoms with Crippen LogP contribution in [0.2, 0.25) is 5.02 Å². The smallest absolute Gasteiger partial charge is 0.278 e. The van der Waals surface area contributed by atoms with E-state index in [1.807, 2.05) is 0 Å². The van der Waals surface area contributed by atoms with Crippen LogP contribution >= 0.6 is 36.4 Å². The predicted octanol–water partition coefficient (Wildman–Crippen LogP) is 3.15. The summed E-state index contributed by atoms with van der Waals surface area (Å²) in [5, 5.41) is 25.1. The third-order valence-electron chi connectivity index (χ3n) is 4.25. The van der Waals surface area contributed by atoms with Crippen molar-refractivity contribution in [1.82, 2.24) is 10.2 Å². The van der Waals surface area contributed by atoms with E-state index in [4.69, 9.17) is 11.6 Å². The standard InChI is InChI=1S/C14H18ClN3O3.2ClH/c15-10-3-4-11(18(20)21)12(14(10)19)13(9-1-2-9)17-7-5-16-6-8-17;;/h3-4,9,13,16,19H,1-2,5-8H2;2*1H/t13-;;/m0../s1. The number of nitro groups is 1. The molecular weight excluding hydrogens is 365 g/mol. The van der Waals surface area contributed by atoms with Gasteiger partial charge in [0.05, 0.1) is 15.5 Å². The van der Waals surface area contributed by atoms with Crippen LogP contribution in [-0.2, 0) is 0 Å². The second kappa shape index (κ2) is 8.35. The third-order valence-corrected chi connectivity index (χ3v) is 4.56. The maximum atomic E-state index is 11.3. The normalized spacial score (nSPS) is 19.3. The van der Waals surface area contributed by atoms with Gasteiger partial charge in [-0.2, -0.15) is 0 Å². The maximum Gasteiger partial charge on any atom is 0.278 e. The number of halogens is 3. The van der Waals surface area contributed by atoms with Gasteiger partial charge in [0, 0.05) is 38.3 Å². The van der Waals surface area contributed by atoms with Crippen molar-refractivity contribution in [3.63, 3.8) is 0 Å². The van der Waals surface area contributed by atoms with E-state index in [9.17, 15) is 15.2 Å². The number of hydrogen-bond donors (Lipinski definition) is 2. The van der Waals surface area contributed by atoms with Gasteiger partial charge in [-0.3, -0.25) is 15.0 Å². The molecule has 0 radical (unpaired) electrons. The SMILES string of the molecule is Cl.Cl.O=[N+]([O-])c1ccc(Cl)c(O)c1[C@H](C1CC1)N1CCNCC1. The number of piperazine rings is 1. The van der Waals surface area contributed by atoms with Gasteiger partial charge >= 0.3 is 0 Å². The number of nitrogens with zero attached hydrogens (tertiary/aromatic N) is 2. The van der Waals surface area contributed by atoms with Crippen LogP contribution in [0.4, 0.5) is 5.69 Å². The summed E-state index contributed by atoms with van der Waals surface area (Å²) in [6, 6.07) is 2.67. The van der Waals surface area contributed by atoms with Crippen LogP contribution < -0.4 is 5.32 Å². The van der Waals surface area contributed by atoms with Gasteiger partial charge in [-0.15, -0.1) is 24.8 Å². The third kappa shape index (κ3) is 4.19. The molecule has 3 rings (SSSR count). The minimum absolute atomic E-state index is 0. The van der Waals surface area contributed by atoms with Crippen molar-refractivity contribution in [2.75, 3.05) is 26.2 Å². The van der Waals surface area contributed by atoms with E-state index in [0.717, 1.165) is 39.0 Å². The van der Waals surface area contributed by atoms with Crippen LogP contribution in [0.5, 0.6) is 5.75 Å². The molecule has 1 atom stereocenters. The molecule has 1 aliphatic carbocycles. The number of hydrogen-bond acceptors (Lipinski definition) is 5. The van der Waals surface area contributed by atoms with Crippen molar-refractivity contribution in [2.24, 2.45) is 5.92 Å². The molecule has 0 amide bonds. The molecule has 2 fully saturated rings. The van der Waals surface area contributed by atoms with Gasteiger partial charge in [-0.25, -0.2) is 0 Å². The molecular formula is C14H20Cl3N3O3. The highest BCUT2D eigenvalue weighted by atomic mass is 35.5. The van der Waals surface area contributed by atoms with Gasteiger partial charge in [0.15, 0.2) is 0 Å². The van der Waals surface area contributed by atoms with Crippen LogP contribution in [0, 0.1) is 16.0 Å². The van der Waals surface area contributed by atoms with Gasteiger partial charge < -0.3 is 10.4 Å². The molecule has 9 heteroatoms. The Balaban J connectivity index is 0.00000132. The van der Waals surface area contributed by atoms with E-state index in [0.29, 0.717) is 11.5 Å². The Hall–Kier alpha value is -0.790. The van der Waals surface area contributed by atoms with Crippen LogP contribution in [0.1, 0.15) is 24.4 Å². The van der Waals surface area contributed by atoms with E-state index < -0.39 is 4.92 Å². The summed E-state index contributed by atoms with van der Waals surface area (Å²) in [5.74, 6) is 0.229. The van der Waals surface area contributed by atoms with E-state index in [1.54, 1.807) is 0 Å². The molecule has 0 unspecified atom stereocenters. The lowest BCUT2D eigenvalue weighted by Crippen LogP contribution is -2.45. The molecule has 1 aliphatic heterocycles. The Kier molecular flexibility index (Phi) is 7.35. The van der Waals surface area contributed by atoms with Crippen LogP contribution in [0.25, 0.3) is 0 Å². The van der Waals surface area contributed by atoms with Crippen LogP contribution in [-0.4, -0.2) is 41.1 Å². The molecule has 1 saturated carbocycles. The molecule has 2 N–H and O–H groups in total. The summed E-state index contributed by atoms with van der Waals surface area (Å²) in [6.45, 7) is 3.37. The Morgan fingerprint density at radius 1 is 1.30 bits per heavy atom. The summed E-state index contributed by atoms with van der Waals surface area (Å²) in [6.07, 6.45) is 2.08. The summed E-state index contributed by atoms with van der Waals surface area (Å²) in [4.78, 5) is 13.1. The van der Waals surface area contributed by atoms with E-state index in [-0.39, 0.29) is 47.3 Å². The van der Waals surface area contributed by atoms with Gasteiger partial charge in [0.25, 0.3) is 5.69 Å². The largest absolute Gasteiger partial charge is 0.506 e. The van der Waals surface area contributed by atoms with Gasteiger partial charge in [0.2, 0.25) is 0 Å². The number of phenols is 1. The predicted molar refractivity (Wildman–Crippen MR) is 94.2 cm³/mol. The highest BCUT2D eigenvalue weighted by Crippen LogP contribution is 2.51. The number of nitrogens with one attached hydrogen (secondary N) is 1. The van der Waals surface area contributed by atoms with Gasteiger partial charge in [-0.05, 0) is 24.8 Å². The lowest BCUT2D eigenvalue weighted by Gasteiger charge is -2.35. The number of nitro benzene ring substituents is 1. The van der Waals surface area contributed by atoms with Gasteiger partial charge in [0.1, 0.15) is 5.75 Å². The zero-order valence-corrected chi connectivity index (χ0v) is 14.8. The first-order chi connectivity index (χ1) is 10.1. The fourth-order valence-electron chi connectivity index (χ4n) is 3.11. The minimum Gasteiger partial charge on any atom is -0.506 e. The first kappa shape index (κ1) is 20.3. The van der Waals surface area contributed by atoms with Crippen molar-refractivity contribution in [3.05, 3.63) is 32.8 Å². The highest BCUT2D eigenvalue weighted by molar-refractivity contribution is 6.32. The Morgan fingerprint density at radius 2 is 1.91 bits per heavy atom. The first-order valence-electron chi connectivity index (χ1n) is 7.20. The summed E-state index contributed by atoms with van der Waals surface area (Å²) < 4.78 is 0. The molecule has 1 aromatic rings. The second-order valence-electron chi connectivity index (χ2n) is 5.65. The average molecular weight is 385 g/mol. The van der Waals surface area contributed by atoms with Crippen LogP contribution in [0.15, 0.2) is 12.1 Å². The number of benzene rings is 1. The second-order valence-corrected chi connectivity index (χ2v) is 6.06. The average Bonchev–Trinajstić information content (AvgIpc) is 3.29. The number of rotatable bonds is 4. The maximum absolute atomic E-state index is 11.3. The monoisotopic (exact) mass is 383 g/mol. The Bertz CT molecular complexity index is 564.